The fourth-order valence-corrected chi connectivity index (χ4v) is 1.89. The molecule has 2 heterocycles. The maximum atomic E-state index is 6.02. The third-order valence-electron chi connectivity index (χ3n) is 3.06. The number of hydrogen-bond acceptors (Lipinski definition) is 4. The molecule has 2 aromatic rings. The van der Waals surface area contributed by atoms with Crippen molar-refractivity contribution in [1.82, 2.24) is 14.8 Å². The molecular formula is C13H19N5. The lowest BCUT2D eigenvalue weighted by Gasteiger charge is -2.10. The second-order valence-corrected chi connectivity index (χ2v) is 4.32. The van der Waals surface area contributed by atoms with Gasteiger partial charge < -0.3 is 11.1 Å². The van der Waals surface area contributed by atoms with E-state index in [0.717, 1.165) is 30.3 Å². The van der Waals surface area contributed by atoms with Crippen LogP contribution in [-0.2, 0) is 13.1 Å². The van der Waals surface area contributed by atoms with Gasteiger partial charge in [0.2, 0.25) is 0 Å². The van der Waals surface area contributed by atoms with Crippen molar-refractivity contribution in [3.8, 4) is 0 Å². The Kier molecular flexibility index (Phi) is 3.50. The van der Waals surface area contributed by atoms with Gasteiger partial charge in [0.05, 0.1) is 11.4 Å². The molecule has 5 heteroatoms. The summed E-state index contributed by atoms with van der Waals surface area (Å²) in [5.41, 5.74) is 10.00. The van der Waals surface area contributed by atoms with Crippen molar-refractivity contribution in [1.29, 1.82) is 0 Å². The molecule has 2 rings (SSSR count). The normalized spacial score (nSPS) is 10.6. The Labute approximate surface area is 107 Å². The second kappa shape index (κ2) is 5.08. The number of anilines is 2. The summed E-state index contributed by atoms with van der Waals surface area (Å²) in [6, 6.07) is 2.01. The highest BCUT2D eigenvalue weighted by Crippen LogP contribution is 2.22. The second-order valence-electron chi connectivity index (χ2n) is 4.32. The number of aryl methyl sites for hydroxylation is 3. The zero-order chi connectivity index (χ0) is 13.1. The summed E-state index contributed by atoms with van der Waals surface area (Å²) in [6.07, 6.45) is 3.67. The smallest absolute Gasteiger partial charge is 0.148 e. The molecule has 0 amide bonds. The summed E-state index contributed by atoms with van der Waals surface area (Å²) in [4.78, 5) is 4.09. The van der Waals surface area contributed by atoms with Gasteiger partial charge in [-0.3, -0.25) is 4.98 Å². The summed E-state index contributed by atoms with van der Waals surface area (Å²) in [7, 11) is 0. The SMILES string of the molecule is CCn1nc(C)c(N)c1NCc1ccncc1C. The van der Waals surface area contributed by atoms with Gasteiger partial charge in [0.15, 0.2) is 0 Å². The van der Waals surface area contributed by atoms with E-state index in [9.17, 15) is 0 Å². The largest absolute Gasteiger partial charge is 0.394 e. The Bertz CT molecular complexity index is 544. The van der Waals surface area contributed by atoms with Gasteiger partial charge in [-0.1, -0.05) is 0 Å². The van der Waals surface area contributed by atoms with Crippen LogP contribution in [0.15, 0.2) is 18.5 Å². The van der Waals surface area contributed by atoms with Gasteiger partial charge in [-0.15, -0.1) is 0 Å². The number of nitrogens with two attached hydrogens (primary N) is 1. The molecule has 0 aromatic carbocycles. The van der Waals surface area contributed by atoms with E-state index in [4.69, 9.17) is 5.73 Å². The Morgan fingerprint density at radius 1 is 1.39 bits per heavy atom. The van der Waals surface area contributed by atoms with Crippen molar-refractivity contribution in [2.45, 2.75) is 33.9 Å². The predicted molar refractivity (Wildman–Crippen MR) is 73.4 cm³/mol. The van der Waals surface area contributed by atoms with E-state index >= 15 is 0 Å². The number of nitrogen functional groups attached to an aromatic ring is 1. The topological polar surface area (TPSA) is 68.8 Å². The summed E-state index contributed by atoms with van der Waals surface area (Å²) in [5.74, 6) is 0.895. The van der Waals surface area contributed by atoms with Crippen LogP contribution in [0.3, 0.4) is 0 Å². The van der Waals surface area contributed by atoms with Crippen LogP contribution in [0, 0.1) is 13.8 Å². The molecule has 0 aliphatic heterocycles. The highest BCUT2D eigenvalue weighted by atomic mass is 15.3. The van der Waals surface area contributed by atoms with Gasteiger partial charge in [-0.05, 0) is 38.0 Å². The Balaban J connectivity index is 2.18. The van der Waals surface area contributed by atoms with E-state index in [0.29, 0.717) is 0 Å². The van der Waals surface area contributed by atoms with Crippen LogP contribution in [0.25, 0.3) is 0 Å². The van der Waals surface area contributed by atoms with E-state index in [1.165, 1.54) is 11.1 Å². The molecule has 0 aliphatic carbocycles. The maximum absolute atomic E-state index is 6.02. The van der Waals surface area contributed by atoms with Crippen LogP contribution in [0.4, 0.5) is 11.5 Å². The zero-order valence-electron chi connectivity index (χ0n) is 11.1. The molecule has 5 nitrogen and oxygen atoms in total. The van der Waals surface area contributed by atoms with Gasteiger partial charge in [-0.25, -0.2) is 4.68 Å². The molecule has 96 valence electrons. The van der Waals surface area contributed by atoms with Crippen molar-refractivity contribution in [2.75, 3.05) is 11.1 Å². The fraction of sp³-hybridized carbons (Fsp3) is 0.385. The Morgan fingerprint density at radius 2 is 2.17 bits per heavy atom. The van der Waals surface area contributed by atoms with E-state index in [1.54, 1.807) is 6.20 Å². The third-order valence-corrected chi connectivity index (χ3v) is 3.06. The fourth-order valence-electron chi connectivity index (χ4n) is 1.89. The summed E-state index contributed by atoms with van der Waals surface area (Å²) in [5, 5.41) is 7.74. The van der Waals surface area contributed by atoms with Crippen LogP contribution in [0.1, 0.15) is 23.7 Å². The molecule has 0 unspecified atom stereocenters. The van der Waals surface area contributed by atoms with Crippen molar-refractivity contribution >= 4 is 11.5 Å². The Morgan fingerprint density at radius 3 is 2.83 bits per heavy atom. The van der Waals surface area contributed by atoms with Crippen molar-refractivity contribution in [3.63, 3.8) is 0 Å². The average Bonchev–Trinajstić information content (AvgIpc) is 2.65. The molecule has 0 bridgehead atoms. The summed E-state index contributed by atoms with van der Waals surface area (Å²) in [6.45, 7) is 7.55. The van der Waals surface area contributed by atoms with Gasteiger partial charge >= 0.3 is 0 Å². The average molecular weight is 245 g/mol. The first kappa shape index (κ1) is 12.4. The lowest BCUT2D eigenvalue weighted by atomic mass is 10.1. The first-order chi connectivity index (χ1) is 8.63. The van der Waals surface area contributed by atoms with Crippen LogP contribution < -0.4 is 11.1 Å². The van der Waals surface area contributed by atoms with Crippen LogP contribution in [0.5, 0.6) is 0 Å². The molecule has 0 aliphatic rings. The van der Waals surface area contributed by atoms with E-state index in [1.807, 2.05) is 23.9 Å². The lowest BCUT2D eigenvalue weighted by Crippen LogP contribution is -2.09. The molecule has 18 heavy (non-hydrogen) atoms. The minimum absolute atomic E-state index is 0.726. The standard InChI is InChI=1S/C13H19N5/c1-4-18-13(12(14)10(3)17-18)16-8-11-5-6-15-7-9(11)2/h5-7,16H,4,8,14H2,1-3H3. The monoisotopic (exact) mass is 245 g/mol. The quantitative estimate of drug-likeness (QED) is 0.865. The van der Waals surface area contributed by atoms with Gasteiger partial charge in [-0.2, -0.15) is 5.10 Å². The molecule has 2 aromatic heterocycles. The van der Waals surface area contributed by atoms with E-state index < -0.39 is 0 Å². The summed E-state index contributed by atoms with van der Waals surface area (Å²) < 4.78 is 1.89. The van der Waals surface area contributed by atoms with Crippen LogP contribution in [-0.4, -0.2) is 14.8 Å². The highest BCUT2D eigenvalue weighted by molar-refractivity contribution is 5.64. The minimum Gasteiger partial charge on any atom is -0.394 e. The number of hydrogen-bond donors (Lipinski definition) is 2. The zero-order valence-corrected chi connectivity index (χ0v) is 11.1. The molecule has 0 radical (unpaired) electrons. The number of aromatic nitrogens is 3. The molecule has 0 saturated heterocycles. The predicted octanol–water partition coefficient (Wildman–Crippen LogP) is 2.11. The first-order valence-electron chi connectivity index (χ1n) is 6.09. The molecule has 0 spiro atoms. The molecule has 0 fully saturated rings. The first-order valence-corrected chi connectivity index (χ1v) is 6.09. The number of nitrogens with zero attached hydrogens (tertiary/aromatic N) is 3. The number of pyridine rings is 1. The van der Waals surface area contributed by atoms with Gasteiger partial charge in [0.25, 0.3) is 0 Å². The van der Waals surface area contributed by atoms with Gasteiger partial charge in [0.1, 0.15) is 5.82 Å². The lowest BCUT2D eigenvalue weighted by molar-refractivity contribution is 0.657. The van der Waals surface area contributed by atoms with Crippen LogP contribution in [0.2, 0.25) is 0 Å². The van der Waals surface area contributed by atoms with Crippen molar-refractivity contribution < 1.29 is 0 Å². The van der Waals surface area contributed by atoms with E-state index in [-0.39, 0.29) is 0 Å². The molecular weight excluding hydrogens is 226 g/mol. The van der Waals surface area contributed by atoms with Gasteiger partial charge in [0, 0.05) is 25.5 Å². The van der Waals surface area contributed by atoms with E-state index in [2.05, 4.69) is 29.2 Å². The van der Waals surface area contributed by atoms with Crippen molar-refractivity contribution in [2.24, 2.45) is 0 Å². The molecule has 3 N–H and O–H groups in total. The Hall–Kier alpha value is -2.04. The summed E-state index contributed by atoms with van der Waals surface area (Å²) >= 11 is 0. The van der Waals surface area contributed by atoms with Crippen molar-refractivity contribution in [3.05, 3.63) is 35.3 Å². The molecule has 0 saturated carbocycles. The number of nitrogens with one attached hydrogen (secondary N) is 1. The molecule has 0 atom stereocenters. The highest BCUT2D eigenvalue weighted by Gasteiger charge is 2.11. The third kappa shape index (κ3) is 2.30. The van der Waals surface area contributed by atoms with Crippen LogP contribution >= 0.6 is 0 Å². The maximum Gasteiger partial charge on any atom is 0.148 e. The minimum atomic E-state index is 0.726. The number of rotatable bonds is 4.